The highest BCUT2D eigenvalue weighted by Crippen LogP contribution is 2.18. The molecular formula is C12H17ClN4O. The quantitative estimate of drug-likeness (QED) is 0.780. The molecular weight excluding hydrogens is 252 g/mol. The molecule has 0 atom stereocenters. The number of rotatable bonds is 2. The molecule has 5 nitrogen and oxygen atoms in total. The van der Waals surface area contributed by atoms with Crippen LogP contribution in [0.25, 0.3) is 0 Å². The fourth-order valence-electron chi connectivity index (χ4n) is 1.84. The standard InChI is InChI=1S/C12H17ClN4O/c1-16-4-6-17(7-5-16)15-12(18)10-8-9(14)2-3-11(10)13/h2-3,8H,4-7,14H2,1H3,(H,15,18). The average molecular weight is 269 g/mol. The van der Waals surface area contributed by atoms with Gasteiger partial charge in [0, 0.05) is 31.9 Å². The predicted octanol–water partition coefficient (Wildman–Crippen LogP) is 0.814. The van der Waals surface area contributed by atoms with Crippen LogP contribution >= 0.6 is 11.6 Å². The minimum absolute atomic E-state index is 0.211. The van der Waals surface area contributed by atoms with Gasteiger partial charge in [0.2, 0.25) is 0 Å². The van der Waals surface area contributed by atoms with Crippen LogP contribution in [0.5, 0.6) is 0 Å². The Morgan fingerprint density at radius 2 is 2.00 bits per heavy atom. The van der Waals surface area contributed by atoms with E-state index in [-0.39, 0.29) is 5.91 Å². The Balaban J connectivity index is 2.01. The van der Waals surface area contributed by atoms with Crippen LogP contribution in [-0.2, 0) is 0 Å². The number of likely N-dealkylation sites (N-methyl/N-ethyl adjacent to an activating group) is 1. The molecule has 0 radical (unpaired) electrons. The number of carbonyl (C=O) groups excluding carboxylic acids is 1. The van der Waals surface area contributed by atoms with Crippen molar-refractivity contribution in [2.45, 2.75) is 0 Å². The topological polar surface area (TPSA) is 61.6 Å². The van der Waals surface area contributed by atoms with Crippen molar-refractivity contribution in [3.8, 4) is 0 Å². The molecule has 1 aliphatic heterocycles. The van der Waals surface area contributed by atoms with Gasteiger partial charge in [-0.3, -0.25) is 10.2 Å². The lowest BCUT2D eigenvalue weighted by molar-refractivity contribution is 0.0662. The largest absolute Gasteiger partial charge is 0.399 e. The summed E-state index contributed by atoms with van der Waals surface area (Å²) in [5.74, 6) is -0.211. The van der Waals surface area contributed by atoms with Gasteiger partial charge in [-0.1, -0.05) is 11.6 Å². The van der Waals surface area contributed by atoms with Crippen LogP contribution in [0.4, 0.5) is 5.69 Å². The third-order valence-electron chi connectivity index (χ3n) is 3.00. The summed E-state index contributed by atoms with van der Waals surface area (Å²) >= 11 is 5.99. The average Bonchev–Trinajstić information content (AvgIpc) is 2.35. The summed E-state index contributed by atoms with van der Waals surface area (Å²) in [6, 6.07) is 4.90. The lowest BCUT2D eigenvalue weighted by atomic mass is 10.2. The summed E-state index contributed by atoms with van der Waals surface area (Å²) in [5.41, 5.74) is 9.45. The van der Waals surface area contributed by atoms with Crippen molar-refractivity contribution >= 4 is 23.2 Å². The van der Waals surface area contributed by atoms with E-state index in [0.717, 1.165) is 26.2 Å². The van der Waals surface area contributed by atoms with Gasteiger partial charge < -0.3 is 10.6 Å². The van der Waals surface area contributed by atoms with Gasteiger partial charge in [-0.25, -0.2) is 5.01 Å². The molecule has 1 aliphatic rings. The number of carbonyl (C=O) groups is 1. The van der Waals surface area contributed by atoms with Crippen LogP contribution in [0.15, 0.2) is 18.2 Å². The number of hydrogen-bond acceptors (Lipinski definition) is 4. The zero-order chi connectivity index (χ0) is 13.1. The highest BCUT2D eigenvalue weighted by molar-refractivity contribution is 6.33. The molecule has 0 spiro atoms. The van der Waals surface area contributed by atoms with Crippen molar-refractivity contribution in [1.29, 1.82) is 0 Å². The van der Waals surface area contributed by atoms with E-state index in [1.165, 1.54) is 0 Å². The number of nitrogen functional groups attached to an aromatic ring is 1. The SMILES string of the molecule is CN1CCN(NC(=O)c2cc(N)ccc2Cl)CC1. The number of nitrogens with two attached hydrogens (primary N) is 1. The fraction of sp³-hybridized carbons (Fsp3) is 0.417. The van der Waals surface area contributed by atoms with Crippen molar-refractivity contribution in [3.63, 3.8) is 0 Å². The fourth-order valence-corrected chi connectivity index (χ4v) is 2.04. The monoisotopic (exact) mass is 268 g/mol. The van der Waals surface area contributed by atoms with Gasteiger partial charge in [-0.15, -0.1) is 0 Å². The number of benzene rings is 1. The number of hydrazine groups is 1. The summed E-state index contributed by atoms with van der Waals surface area (Å²) in [6.45, 7) is 3.49. The van der Waals surface area contributed by atoms with E-state index >= 15 is 0 Å². The van der Waals surface area contributed by atoms with Gasteiger partial charge in [0.25, 0.3) is 5.91 Å². The Morgan fingerprint density at radius 3 is 2.67 bits per heavy atom. The maximum absolute atomic E-state index is 12.1. The van der Waals surface area contributed by atoms with Gasteiger partial charge >= 0.3 is 0 Å². The third kappa shape index (κ3) is 3.13. The van der Waals surface area contributed by atoms with Crippen molar-refractivity contribution in [2.75, 3.05) is 39.0 Å². The molecule has 1 saturated heterocycles. The first kappa shape index (κ1) is 13.1. The Morgan fingerprint density at radius 1 is 1.33 bits per heavy atom. The second-order valence-electron chi connectivity index (χ2n) is 4.47. The molecule has 1 aromatic rings. The first-order valence-corrected chi connectivity index (χ1v) is 6.23. The molecule has 0 bridgehead atoms. The Labute approximate surface area is 111 Å². The predicted molar refractivity (Wildman–Crippen MR) is 72.4 cm³/mol. The van der Waals surface area contributed by atoms with Gasteiger partial charge in [0.1, 0.15) is 0 Å². The van der Waals surface area contributed by atoms with E-state index in [1.54, 1.807) is 18.2 Å². The minimum Gasteiger partial charge on any atom is -0.399 e. The molecule has 0 saturated carbocycles. The van der Waals surface area contributed by atoms with Crippen molar-refractivity contribution < 1.29 is 4.79 Å². The number of hydrogen-bond donors (Lipinski definition) is 2. The Kier molecular flexibility index (Phi) is 4.06. The molecule has 1 heterocycles. The molecule has 0 aliphatic carbocycles. The van der Waals surface area contributed by atoms with Gasteiger partial charge in [0.05, 0.1) is 10.6 Å². The van der Waals surface area contributed by atoms with Crippen LogP contribution in [0.3, 0.4) is 0 Å². The second kappa shape index (κ2) is 5.56. The number of piperazine rings is 1. The van der Waals surface area contributed by atoms with E-state index in [1.807, 2.05) is 5.01 Å². The van der Waals surface area contributed by atoms with Crippen LogP contribution < -0.4 is 11.2 Å². The summed E-state index contributed by atoms with van der Waals surface area (Å²) < 4.78 is 0. The van der Waals surface area contributed by atoms with E-state index in [2.05, 4.69) is 17.4 Å². The first-order valence-electron chi connectivity index (χ1n) is 5.86. The summed E-state index contributed by atoms with van der Waals surface area (Å²) in [5, 5.41) is 2.32. The Hall–Kier alpha value is -1.30. The summed E-state index contributed by atoms with van der Waals surface area (Å²) in [6.07, 6.45) is 0. The zero-order valence-electron chi connectivity index (χ0n) is 10.3. The van der Waals surface area contributed by atoms with E-state index < -0.39 is 0 Å². The van der Waals surface area contributed by atoms with Crippen LogP contribution in [-0.4, -0.2) is 49.0 Å². The van der Waals surface area contributed by atoms with Crippen LogP contribution in [0, 0.1) is 0 Å². The molecule has 6 heteroatoms. The van der Waals surface area contributed by atoms with E-state index in [9.17, 15) is 4.79 Å². The number of nitrogens with one attached hydrogen (secondary N) is 1. The molecule has 3 N–H and O–H groups in total. The van der Waals surface area contributed by atoms with Crippen LogP contribution in [0.1, 0.15) is 10.4 Å². The lowest BCUT2D eigenvalue weighted by Gasteiger charge is -2.32. The maximum Gasteiger partial charge on any atom is 0.267 e. The number of amides is 1. The molecule has 1 fully saturated rings. The minimum atomic E-state index is -0.211. The molecule has 0 unspecified atom stereocenters. The highest BCUT2D eigenvalue weighted by atomic mass is 35.5. The number of anilines is 1. The van der Waals surface area contributed by atoms with E-state index in [0.29, 0.717) is 16.3 Å². The molecule has 2 rings (SSSR count). The molecule has 0 aromatic heterocycles. The molecule has 1 amide bonds. The zero-order valence-corrected chi connectivity index (χ0v) is 11.1. The number of halogens is 1. The van der Waals surface area contributed by atoms with Gasteiger partial charge in [-0.2, -0.15) is 0 Å². The number of nitrogens with zero attached hydrogens (tertiary/aromatic N) is 2. The lowest BCUT2D eigenvalue weighted by Crippen LogP contribution is -2.52. The second-order valence-corrected chi connectivity index (χ2v) is 4.88. The van der Waals surface area contributed by atoms with Crippen molar-refractivity contribution in [1.82, 2.24) is 15.3 Å². The molecule has 98 valence electrons. The van der Waals surface area contributed by atoms with Crippen molar-refractivity contribution in [2.24, 2.45) is 0 Å². The summed E-state index contributed by atoms with van der Waals surface area (Å²) in [7, 11) is 2.06. The third-order valence-corrected chi connectivity index (χ3v) is 3.33. The molecule has 1 aromatic carbocycles. The molecule has 18 heavy (non-hydrogen) atoms. The van der Waals surface area contributed by atoms with Gasteiger partial charge in [-0.05, 0) is 25.2 Å². The van der Waals surface area contributed by atoms with Gasteiger partial charge in [0.15, 0.2) is 0 Å². The Bertz CT molecular complexity index is 444. The first-order chi connectivity index (χ1) is 8.56. The van der Waals surface area contributed by atoms with E-state index in [4.69, 9.17) is 17.3 Å². The highest BCUT2D eigenvalue weighted by Gasteiger charge is 2.18. The summed E-state index contributed by atoms with van der Waals surface area (Å²) in [4.78, 5) is 14.3. The van der Waals surface area contributed by atoms with Crippen molar-refractivity contribution in [3.05, 3.63) is 28.8 Å². The normalized spacial score (nSPS) is 17.7. The van der Waals surface area contributed by atoms with Crippen LogP contribution in [0.2, 0.25) is 5.02 Å². The maximum atomic E-state index is 12.1. The smallest absolute Gasteiger partial charge is 0.267 e.